The van der Waals surface area contributed by atoms with Crippen molar-refractivity contribution in [3.05, 3.63) is 58.9 Å². The Bertz CT molecular complexity index is 1410. The maximum Gasteiger partial charge on any atom is 0.319 e. The summed E-state index contributed by atoms with van der Waals surface area (Å²) in [5.74, 6) is -1.58. The maximum atomic E-state index is 14.5. The van der Waals surface area contributed by atoms with Crippen molar-refractivity contribution in [1.82, 2.24) is 14.7 Å². The highest BCUT2D eigenvalue weighted by Gasteiger charge is 2.48. The Kier molecular flexibility index (Phi) is 10.9. The van der Waals surface area contributed by atoms with Crippen molar-refractivity contribution >= 4 is 23.6 Å². The summed E-state index contributed by atoms with van der Waals surface area (Å²) in [6.07, 6.45) is 5.49. The Hall–Kier alpha value is -3.66. The molecule has 46 heavy (non-hydrogen) atoms. The molecule has 0 radical (unpaired) electrons. The van der Waals surface area contributed by atoms with Crippen LogP contribution in [0.5, 0.6) is 5.75 Å². The van der Waals surface area contributed by atoms with Gasteiger partial charge in [0, 0.05) is 63.3 Å². The number of aryl methyl sites for hydroxylation is 1. The van der Waals surface area contributed by atoms with Crippen LogP contribution in [0.3, 0.4) is 0 Å². The second kappa shape index (κ2) is 14.8. The zero-order valence-electron chi connectivity index (χ0n) is 27.7. The summed E-state index contributed by atoms with van der Waals surface area (Å²) in [5.41, 5.74) is 3.16. The van der Waals surface area contributed by atoms with Crippen LogP contribution in [-0.2, 0) is 16.0 Å². The number of anilines is 1. The van der Waals surface area contributed by atoms with E-state index in [9.17, 15) is 23.9 Å². The molecule has 1 N–H and O–H groups in total. The van der Waals surface area contributed by atoms with Crippen molar-refractivity contribution < 1.29 is 28.6 Å². The van der Waals surface area contributed by atoms with Crippen molar-refractivity contribution in [2.75, 3.05) is 51.3 Å². The molecule has 2 saturated heterocycles. The van der Waals surface area contributed by atoms with Crippen LogP contribution >= 0.6 is 0 Å². The normalized spacial score (nSPS) is 21.5. The summed E-state index contributed by atoms with van der Waals surface area (Å²) in [6.45, 7) is 8.71. The summed E-state index contributed by atoms with van der Waals surface area (Å²) in [6, 6.07) is 10.2. The molecule has 3 unspecified atom stereocenters. The lowest BCUT2D eigenvalue weighted by molar-refractivity contribution is -0.143. The monoisotopic (exact) mass is 636 g/mol. The van der Waals surface area contributed by atoms with Crippen LogP contribution in [0, 0.1) is 18.7 Å². The number of rotatable bonds is 13. The number of hydrogen-bond acceptors (Lipinski definition) is 5. The summed E-state index contributed by atoms with van der Waals surface area (Å²) >= 11 is 0. The smallest absolute Gasteiger partial charge is 0.319 e. The molecule has 3 amide bonds. The number of benzene rings is 2. The van der Waals surface area contributed by atoms with E-state index in [4.69, 9.17) is 4.74 Å². The first-order valence-corrected chi connectivity index (χ1v) is 16.9. The topological polar surface area (TPSA) is 93.6 Å². The van der Waals surface area contributed by atoms with Crippen molar-refractivity contribution in [2.45, 2.75) is 83.7 Å². The number of hydrogen-bond donors (Lipinski definition) is 1. The fourth-order valence-corrected chi connectivity index (χ4v) is 7.71. The first kappa shape index (κ1) is 33.7. The highest BCUT2D eigenvalue weighted by Crippen LogP contribution is 2.41. The number of carbonyl (C=O) groups is 3. The van der Waals surface area contributed by atoms with Crippen LogP contribution in [0.4, 0.5) is 14.9 Å². The number of fused-ring (bicyclic) bond motifs is 1. The molecule has 0 aromatic heterocycles. The molecule has 3 aliphatic rings. The van der Waals surface area contributed by atoms with Gasteiger partial charge in [0.1, 0.15) is 11.6 Å². The molecule has 0 saturated carbocycles. The third-order valence-corrected chi connectivity index (χ3v) is 10.0. The average molecular weight is 637 g/mol. The van der Waals surface area contributed by atoms with Gasteiger partial charge in [0.15, 0.2) is 0 Å². The van der Waals surface area contributed by atoms with Gasteiger partial charge in [-0.2, -0.15) is 0 Å². The van der Waals surface area contributed by atoms with E-state index in [1.165, 1.54) is 6.07 Å². The van der Waals surface area contributed by atoms with Gasteiger partial charge >= 0.3 is 12.0 Å². The SMILES string of the molecule is CCCC(CCC)N(C(=O)CN1CC(c2ccc3c(c2)CCO3)C(C(=O)O)C1CCN1CCCN(C)C1=O)c1ccc(F)c(C)c1. The van der Waals surface area contributed by atoms with E-state index in [2.05, 4.69) is 19.9 Å². The van der Waals surface area contributed by atoms with Crippen molar-refractivity contribution in [3.63, 3.8) is 0 Å². The molecule has 2 aromatic rings. The number of carboxylic acid groups (broad SMARTS) is 1. The Morgan fingerprint density at radius 3 is 2.57 bits per heavy atom. The Balaban J connectivity index is 1.48. The summed E-state index contributed by atoms with van der Waals surface area (Å²) in [7, 11) is 1.79. The van der Waals surface area contributed by atoms with Crippen LogP contribution in [0.25, 0.3) is 0 Å². The predicted octanol–water partition coefficient (Wildman–Crippen LogP) is 5.69. The molecule has 0 spiro atoms. The lowest BCUT2D eigenvalue weighted by Gasteiger charge is -2.36. The third kappa shape index (κ3) is 7.17. The Labute approximate surface area is 272 Å². The number of nitrogens with zero attached hydrogens (tertiary/aromatic N) is 4. The van der Waals surface area contributed by atoms with E-state index in [1.54, 1.807) is 35.9 Å². The van der Waals surface area contributed by atoms with Crippen LogP contribution in [0.1, 0.15) is 75.0 Å². The van der Waals surface area contributed by atoms with Crippen LogP contribution in [-0.4, -0.2) is 96.2 Å². The van der Waals surface area contributed by atoms with E-state index in [-0.39, 0.29) is 36.3 Å². The number of amides is 3. The van der Waals surface area contributed by atoms with Gasteiger partial charge in [-0.15, -0.1) is 0 Å². The fraction of sp³-hybridized carbons (Fsp3) is 0.583. The minimum absolute atomic E-state index is 0.0349. The average Bonchev–Trinajstić information content (AvgIpc) is 3.64. The van der Waals surface area contributed by atoms with Gasteiger partial charge < -0.3 is 24.5 Å². The van der Waals surface area contributed by atoms with Crippen molar-refractivity contribution in [3.8, 4) is 5.75 Å². The number of halogens is 1. The highest BCUT2D eigenvalue weighted by molar-refractivity contribution is 5.95. The Morgan fingerprint density at radius 1 is 1.11 bits per heavy atom. The molecular formula is C36H49FN4O5. The molecule has 5 rings (SSSR count). The second-order valence-corrected chi connectivity index (χ2v) is 13.2. The van der Waals surface area contributed by atoms with Gasteiger partial charge in [-0.1, -0.05) is 38.8 Å². The van der Waals surface area contributed by atoms with Crippen molar-refractivity contribution in [2.24, 2.45) is 5.92 Å². The van der Waals surface area contributed by atoms with Crippen molar-refractivity contribution in [1.29, 1.82) is 0 Å². The first-order chi connectivity index (χ1) is 22.1. The van der Waals surface area contributed by atoms with E-state index >= 15 is 0 Å². The number of ether oxygens (including phenoxy) is 1. The molecule has 2 aromatic carbocycles. The maximum absolute atomic E-state index is 14.5. The fourth-order valence-electron chi connectivity index (χ4n) is 7.71. The number of urea groups is 1. The van der Waals surface area contributed by atoms with Gasteiger partial charge in [-0.25, -0.2) is 9.18 Å². The molecule has 3 atom stereocenters. The van der Waals surface area contributed by atoms with Crippen LogP contribution < -0.4 is 9.64 Å². The molecule has 2 fully saturated rings. The van der Waals surface area contributed by atoms with Gasteiger partial charge in [-0.05, 0) is 73.6 Å². The van der Waals surface area contributed by atoms with E-state index in [1.807, 2.05) is 21.9 Å². The molecule has 0 bridgehead atoms. The highest BCUT2D eigenvalue weighted by atomic mass is 19.1. The molecular weight excluding hydrogens is 587 g/mol. The lowest BCUT2D eigenvalue weighted by atomic mass is 9.83. The quantitative estimate of drug-likeness (QED) is 0.304. The van der Waals surface area contributed by atoms with Crippen LogP contribution in [0.2, 0.25) is 0 Å². The van der Waals surface area contributed by atoms with Gasteiger partial charge in [0.05, 0.1) is 19.1 Å². The Morgan fingerprint density at radius 2 is 1.87 bits per heavy atom. The number of carbonyl (C=O) groups excluding carboxylic acids is 2. The molecule has 3 heterocycles. The molecule has 250 valence electrons. The van der Waals surface area contributed by atoms with Gasteiger partial charge in [-0.3, -0.25) is 14.5 Å². The zero-order valence-corrected chi connectivity index (χ0v) is 27.7. The molecule has 10 heteroatoms. The van der Waals surface area contributed by atoms with E-state index in [0.29, 0.717) is 50.5 Å². The minimum atomic E-state index is -0.898. The molecule has 3 aliphatic heterocycles. The van der Waals surface area contributed by atoms with Gasteiger partial charge in [0.25, 0.3) is 0 Å². The third-order valence-electron chi connectivity index (χ3n) is 10.0. The summed E-state index contributed by atoms with van der Waals surface area (Å²) < 4.78 is 20.0. The minimum Gasteiger partial charge on any atom is -0.493 e. The number of likely N-dealkylation sites (tertiary alicyclic amines) is 1. The zero-order chi connectivity index (χ0) is 33.0. The summed E-state index contributed by atoms with van der Waals surface area (Å²) in [4.78, 5) is 47.8. The first-order valence-electron chi connectivity index (χ1n) is 16.9. The number of carboxylic acids is 1. The largest absolute Gasteiger partial charge is 0.493 e. The lowest BCUT2D eigenvalue weighted by Crippen LogP contribution is -2.50. The predicted molar refractivity (Wildman–Crippen MR) is 176 cm³/mol. The summed E-state index contributed by atoms with van der Waals surface area (Å²) in [5, 5.41) is 10.7. The number of aliphatic carboxylic acids is 1. The second-order valence-electron chi connectivity index (χ2n) is 13.2. The standard InChI is InChI=1S/C36H49FN4O5/c1-5-8-27(9-6-2)41(28-11-12-30(37)24(3)20-28)33(42)23-40-22-29(25-10-13-32-26(21-25)15-19-46-32)34(35(43)44)31(40)14-18-39-17-7-16-38(4)36(39)45/h10-13,20-21,27,29,31,34H,5-9,14-19,22-23H2,1-4H3,(H,43,44). The van der Waals surface area contributed by atoms with E-state index in [0.717, 1.165) is 55.4 Å². The van der Waals surface area contributed by atoms with Gasteiger partial charge in [0.2, 0.25) is 5.91 Å². The van der Waals surface area contributed by atoms with E-state index < -0.39 is 17.9 Å². The molecule has 0 aliphatic carbocycles. The van der Waals surface area contributed by atoms with Crippen LogP contribution in [0.15, 0.2) is 36.4 Å². The molecule has 9 nitrogen and oxygen atoms in total.